The first kappa shape index (κ1) is 22.5. The zero-order valence-corrected chi connectivity index (χ0v) is 12.4. The van der Waals surface area contributed by atoms with Crippen LogP contribution in [0.2, 0.25) is 0 Å². The van der Waals surface area contributed by atoms with E-state index in [4.69, 9.17) is 13.3 Å². The molecule has 7 heavy (non-hydrogen) atoms. The first-order valence-corrected chi connectivity index (χ1v) is 1.50. The van der Waals surface area contributed by atoms with Gasteiger partial charge >= 0.3 is 83.2 Å². The fraction of sp³-hybridized carbons (Fsp3) is 0. The van der Waals surface area contributed by atoms with Crippen molar-refractivity contribution in [3.05, 3.63) is 0 Å². The Bertz CT molecular complexity index is 44.8. The fourth-order valence-corrected chi connectivity index (χ4v) is 0. The third-order valence-corrected chi connectivity index (χ3v) is 0. The molecule has 0 amide bonds. The molecule has 0 aliphatic carbocycles. The van der Waals surface area contributed by atoms with Gasteiger partial charge in [-0.2, -0.15) is 0 Å². The third-order valence-electron chi connectivity index (χ3n) is 0. The summed E-state index contributed by atoms with van der Waals surface area (Å²) in [7, 11) is 0. The second-order valence-electron chi connectivity index (χ2n) is 0.204. The summed E-state index contributed by atoms with van der Waals surface area (Å²) in [5.41, 5.74) is 0. The standard InChI is InChI=1S/Ca.Eu.H2O3S.Sr.2H/c;;1-4(2)3;;;/h;;(H2,1,2,3);;;/q+2;;;+2;2*-1/p-2. The van der Waals surface area contributed by atoms with E-state index < -0.39 is 11.4 Å². The van der Waals surface area contributed by atoms with E-state index in [0.717, 1.165) is 0 Å². The van der Waals surface area contributed by atoms with Gasteiger partial charge in [0.1, 0.15) is 0 Å². The maximum atomic E-state index is 8.44. The van der Waals surface area contributed by atoms with Gasteiger partial charge in [0.25, 0.3) is 0 Å². The maximum absolute atomic E-state index is 8.44. The molecule has 0 unspecified atom stereocenters. The van der Waals surface area contributed by atoms with E-state index >= 15 is 0 Å². The minimum atomic E-state index is -3.11. The first-order valence-electron chi connectivity index (χ1n) is 0.500. The Morgan fingerprint density at radius 3 is 1.43 bits per heavy atom. The predicted octanol–water partition coefficient (Wildman–Crippen LogP) is -1.54. The predicted molar refractivity (Wildman–Crippen MR) is 23.4 cm³/mol. The van der Waals surface area contributed by atoms with Gasteiger partial charge in [0.05, 0.1) is 0 Å². The Kier molecular flexibility index (Phi) is 54.0. The van der Waals surface area contributed by atoms with Crippen LogP contribution in [0.25, 0.3) is 0 Å². The van der Waals surface area contributed by atoms with Crippen molar-refractivity contribution in [3.63, 3.8) is 0 Å². The molecule has 0 aliphatic rings. The quantitative estimate of drug-likeness (QED) is 0.388. The molecular weight excluding hydrogens is 360 g/mol. The molecule has 1 radical (unpaired) electrons. The van der Waals surface area contributed by atoms with Gasteiger partial charge in [-0.3, -0.25) is 4.21 Å². The van der Waals surface area contributed by atoms with E-state index in [9.17, 15) is 0 Å². The minimum Gasteiger partial charge on any atom is -1.00 e. The molecule has 0 aromatic rings. The Morgan fingerprint density at radius 2 is 1.43 bits per heavy atom. The van der Waals surface area contributed by atoms with Gasteiger partial charge in [-0.15, -0.1) is 11.4 Å². The Hall–Kier alpha value is 4.39. The summed E-state index contributed by atoms with van der Waals surface area (Å²) in [5.74, 6) is 0. The van der Waals surface area contributed by atoms with Gasteiger partial charge in [0.15, 0.2) is 0 Å². The van der Waals surface area contributed by atoms with Crippen LogP contribution < -0.4 is 0 Å². The summed E-state index contributed by atoms with van der Waals surface area (Å²) >= 11 is -3.11. The van der Waals surface area contributed by atoms with Crippen molar-refractivity contribution in [2.24, 2.45) is 0 Å². The zero-order chi connectivity index (χ0) is 3.58. The van der Waals surface area contributed by atoms with Crippen LogP contribution in [0.3, 0.4) is 0 Å². The molecular formula is H2CaEuO3SSr. The molecule has 0 saturated heterocycles. The molecule has 0 atom stereocenters. The van der Waals surface area contributed by atoms with Crippen LogP contribution in [0, 0.1) is 49.4 Å². The van der Waals surface area contributed by atoms with Crippen LogP contribution in [0.5, 0.6) is 0 Å². The van der Waals surface area contributed by atoms with E-state index in [-0.39, 0.29) is 135 Å². The maximum Gasteiger partial charge on any atom is 2.00 e. The number of hydrogen-bond donors (Lipinski definition) is 0. The van der Waals surface area contributed by atoms with Crippen molar-refractivity contribution in [2.75, 3.05) is 0 Å². The van der Waals surface area contributed by atoms with Crippen molar-refractivity contribution in [1.82, 2.24) is 0 Å². The average Bonchev–Trinajstić information content (AvgIpc) is 0.811. The molecule has 0 bridgehead atoms. The number of hydrogen-bond acceptors (Lipinski definition) is 3. The third kappa shape index (κ3) is 37.9. The molecule has 0 N–H and O–H groups in total. The Balaban J connectivity index is -0.00000000450. The van der Waals surface area contributed by atoms with Crippen molar-refractivity contribution >= 4 is 94.6 Å². The molecule has 0 aromatic carbocycles. The van der Waals surface area contributed by atoms with E-state index in [1.54, 1.807) is 0 Å². The zero-order valence-electron chi connectivity index (χ0n) is 5.43. The molecule has 0 rings (SSSR count). The number of rotatable bonds is 0. The van der Waals surface area contributed by atoms with Gasteiger partial charge in [0, 0.05) is 49.4 Å². The summed E-state index contributed by atoms with van der Waals surface area (Å²) in [5, 5.41) is 0. The molecule has 0 spiro atoms. The van der Waals surface area contributed by atoms with Crippen molar-refractivity contribution in [1.29, 1.82) is 0 Å². The molecule has 37 valence electrons. The van der Waals surface area contributed by atoms with Gasteiger partial charge in [-0.1, -0.05) is 0 Å². The normalized spacial score (nSPS) is 5.00. The summed E-state index contributed by atoms with van der Waals surface area (Å²) in [6, 6.07) is 0. The fourth-order valence-electron chi connectivity index (χ4n) is 0. The SMILES string of the molecule is O=S([O-])[O-].[Ca+2].[Eu].[H-].[H-].[Sr+2]. The van der Waals surface area contributed by atoms with Crippen molar-refractivity contribution in [3.8, 4) is 0 Å². The van der Waals surface area contributed by atoms with Crippen LogP contribution in [0.1, 0.15) is 2.85 Å². The molecule has 0 heterocycles. The van der Waals surface area contributed by atoms with Gasteiger partial charge in [0.2, 0.25) is 0 Å². The van der Waals surface area contributed by atoms with Crippen LogP contribution in [-0.4, -0.2) is 96.5 Å². The van der Waals surface area contributed by atoms with E-state index in [2.05, 4.69) is 0 Å². The summed E-state index contributed by atoms with van der Waals surface area (Å²) in [6.45, 7) is 0. The second-order valence-corrected chi connectivity index (χ2v) is 0.612. The monoisotopic (exact) mass is 363 g/mol. The average molecular weight is 362 g/mol. The largest absolute Gasteiger partial charge is 2.00 e. The molecule has 0 fully saturated rings. The van der Waals surface area contributed by atoms with E-state index in [1.165, 1.54) is 0 Å². The second kappa shape index (κ2) is 16.8. The van der Waals surface area contributed by atoms with Crippen LogP contribution in [0.4, 0.5) is 0 Å². The molecule has 0 saturated carbocycles. The summed E-state index contributed by atoms with van der Waals surface area (Å²) < 4.78 is 25.3. The summed E-state index contributed by atoms with van der Waals surface area (Å²) in [6.07, 6.45) is 0. The van der Waals surface area contributed by atoms with Crippen LogP contribution >= 0.6 is 0 Å². The van der Waals surface area contributed by atoms with Crippen molar-refractivity contribution < 1.29 is 65.5 Å². The molecule has 0 aliphatic heterocycles. The summed E-state index contributed by atoms with van der Waals surface area (Å²) in [4.78, 5) is 0. The molecule has 7 heteroatoms. The van der Waals surface area contributed by atoms with E-state index in [0.29, 0.717) is 0 Å². The minimum absolute atomic E-state index is 0. The van der Waals surface area contributed by atoms with Gasteiger partial charge < -0.3 is 12.0 Å². The Labute approximate surface area is 155 Å². The first-order chi connectivity index (χ1) is 1.73. The topological polar surface area (TPSA) is 63.2 Å². The Morgan fingerprint density at radius 1 is 1.43 bits per heavy atom. The smallest absolute Gasteiger partial charge is 1.00 e. The molecule has 0 aromatic heterocycles. The van der Waals surface area contributed by atoms with Gasteiger partial charge in [-0.25, -0.2) is 0 Å². The van der Waals surface area contributed by atoms with Crippen LogP contribution in [-0.2, 0) is 11.4 Å². The van der Waals surface area contributed by atoms with Crippen LogP contribution in [0.15, 0.2) is 0 Å². The molecule has 3 nitrogen and oxygen atoms in total. The van der Waals surface area contributed by atoms with Crippen molar-refractivity contribution in [2.45, 2.75) is 0 Å². The van der Waals surface area contributed by atoms with E-state index in [1.807, 2.05) is 0 Å². The van der Waals surface area contributed by atoms with Gasteiger partial charge in [-0.05, 0) is 0 Å².